The number of benzene rings is 1. The summed E-state index contributed by atoms with van der Waals surface area (Å²) in [6.45, 7) is 14.5. The molecule has 1 unspecified atom stereocenters. The van der Waals surface area contributed by atoms with Gasteiger partial charge in [-0.15, -0.1) is 0 Å². The smallest absolute Gasteiger partial charge is 0.0884 e. The zero-order valence-corrected chi connectivity index (χ0v) is 16.9. The lowest BCUT2D eigenvalue weighted by atomic mass is 9.95. The van der Waals surface area contributed by atoms with Crippen LogP contribution in [0.2, 0.25) is 0 Å². The third-order valence-corrected chi connectivity index (χ3v) is 5.40. The molecule has 0 radical (unpaired) electrons. The predicted octanol–water partition coefficient (Wildman–Crippen LogP) is 4.63. The molecule has 0 aliphatic carbocycles. The van der Waals surface area contributed by atoms with Crippen molar-refractivity contribution in [1.82, 2.24) is 15.1 Å². The molecule has 4 nitrogen and oxygen atoms in total. The van der Waals surface area contributed by atoms with E-state index in [0.717, 1.165) is 33.8 Å². The molecule has 0 spiro atoms. The van der Waals surface area contributed by atoms with Gasteiger partial charge in [-0.3, -0.25) is 5.41 Å². The number of likely N-dealkylation sites (tertiary alicyclic amines) is 1. The fourth-order valence-corrected chi connectivity index (χ4v) is 3.62. The van der Waals surface area contributed by atoms with E-state index in [1.807, 2.05) is 25.9 Å². The minimum absolute atomic E-state index is 0.0897. The van der Waals surface area contributed by atoms with Gasteiger partial charge in [0, 0.05) is 37.3 Å². The van der Waals surface area contributed by atoms with Gasteiger partial charge in [0.05, 0.1) is 23.1 Å². The molecule has 0 bridgehead atoms. The maximum atomic E-state index is 8.74. The number of nitrogens with one attached hydrogen (secondary N) is 2. The first-order chi connectivity index (χ1) is 12.8. The number of rotatable bonds is 3. The number of likely N-dealkylation sites (N-methyl/N-ethyl adjacent to an activating group) is 1. The quantitative estimate of drug-likeness (QED) is 0.826. The highest BCUT2D eigenvalue weighted by Crippen LogP contribution is 2.45. The van der Waals surface area contributed by atoms with Crippen LogP contribution in [0.5, 0.6) is 0 Å². The molecule has 0 aromatic heterocycles. The number of nitrogens with zero attached hydrogens (tertiary/aromatic N) is 2. The van der Waals surface area contributed by atoms with Crippen LogP contribution in [-0.2, 0) is 0 Å². The minimum atomic E-state index is -0.0897. The average molecular weight is 361 g/mol. The zero-order valence-electron chi connectivity index (χ0n) is 16.9. The Hall–Kier alpha value is -3.01. The molecular weight excluding hydrogens is 332 g/mol. The van der Waals surface area contributed by atoms with E-state index >= 15 is 0 Å². The minimum Gasteiger partial charge on any atom is -0.391 e. The van der Waals surface area contributed by atoms with Gasteiger partial charge in [-0.2, -0.15) is 0 Å². The zero-order chi connectivity index (χ0) is 19.9. The van der Waals surface area contributed by atoms with Crippen molar-refractivity contribution in [2.75, 3.05) is 14.1 Å². The molecule has 2 aliphatic rings. The van der Waals surface area contributed by atoms with E-state index in [1.54, 1.807) is 0 Å². The monoisotopic (exact) mass is 360 g/mol. The first kappa shape index (κ1) is 18.8. The second-order valence-electron chi connectivity index (χ2n) is 7.23. The summed E-state index contributed by atoms with van der Waals surface area (Å²) in [5.74, 6) is 0. The molecule has 27 heavy (non-hydrogen) atoms. The number of allylic oxidation sites excluding steroid dienone is 4. The van der Waals surface area contributed by atoms with Crippen molar-refractivity contribution in [2.24, 2.45) is 0 Å². The van der Waals surface area contributed by atoms with Crippen LogP contribution in [0.15, 0.2) is 83.6 Å². The van der Waals surface area contributed by atoms with Gasteiger partial charge in [0.1, 0.15) is 0 Å². The first-order valence-corrected chi connectivity index (χ1v) is 9.11. The third-order valence-electron chi connectivity index (χ3n) is 5.40. The van der Waals surface area contributed by atoms with Gasteiger partial charge < -0.3 is 15.1 Å². The topological polar surface area (TPSA) is 42.4 Å². The Morgan fingerprint density at radius 2 is 1.74 bits per heavy atom. The lowest BCUT2D eigenvalue weighted by molar-refractivity contribution is 0.395. The van der Waals surface area contributed by atoms with E-state index in [0.29, 0.717) is 11.4 Å². The fourth-order valence-electron chi connectivity index (χ4n) is 3.62. The molecule has 3 rings (SSSR count). The predicted molar refractivity (Wildman–Crippen MR) is 113 cm³/mol. The van der Waals surface area contributed by atoms with Crippen molar-refractivity contribution >= 4 is 5.71 Å². The van der Waals surface area contributed by atoms with Gasteiger partial charge in [0.2, 0.25) is 0 Å². The van der Waals surface area contributed by atoms with Crippen LogP contribution >= 0.6 is 0 Å². The SMILES string of the molecule is C=C1C(C)=CC(N2C(=C)C(=N)/C(=C(/C)NC)C2c2ccc(C)cc2)=CN1C. The summed E-state index contributed by atoms with van der Waals surface area (Å²) >= 11 is 0. The van der Waals surface area contributed by atoms with Crippen molar-refractivity contribution in [2.45, 2.75) is 26.8 Å². The molecule has 2 aliphatic heterocycles. The molecule has 1 saturated heterocycles. The van der Waals surface area contributed by atoms with Crippen LogP contribution in [0.4, 0.5) is 0 Å². The normalized spacial score (nSPS) is 22.1. The highest BCUT2D eigenvalue weighted by Gasteiger charge is 2.40. The van der Waals surface area contributed by atoms with Crippen LogP contribution in [0, 0.1) is 12.3 Å². The van der Waals surface area contributed by atoms with Crippen LogP contribution in [-0.4, -0.2) is 29.6 Å². The van der Waals surface area contributed by atoms with Gasteiger partial charge in [0.15, 0.2) is 0 Å². The molecule has 0 saturated carbocycles. The number of hydrogen-bond acceptors (Lipinski definition) is 4. The van der Waals surface area contributed by atoms with E-state index in [9.17, 15) is 0 Å². The Kier molecular flexibility index (Phi) is 4.83. The second-order valence-corrected chi connectivity index (χ2v) is 7.23. The first-order valence-electron chi connectivity index (χ1n) is 9.11. The van der Waals surface area contributed by atoms with Gasteiger partial charge in [0.25, 0.3) is 0 Å². The van der Waals surface area contributed by atoms with Crippen molar-refractivity contribution in [1.29, 1.82) is 5.41 Å². The van der Waals surface area contributed by atoms with Crippen LogP contribution in [0.3, 0.4) is 0 Å². The summed E-state index contributed by atoms with van der Waals surface area (Å²) in [5, 5.41) is 12.0. The molecule has 140 valence electrons. The summed E-state index contributed by atoms with van der Waals surface area (Å²) in [5.41, 5.74) is 8.61. The van der Waals surface area contributed by atoms with E-state index < -0.39 is 0 Å². The van der Waals surface area contributed by atoms with E-state index in [1.165, 1.54) is 5.56 Å². The molecule has 1 aromatic rings. The Labute approximate surface area is 162 Å². The van der Waals surface area contributed by atoms with E-state index in [-0.39, 0.29) is 6.04 Å². The number of hydrogen-bond donors (Lipinski definition) is 2. The van der Waals surface area contributed by atoms with Gasteiger partial charge in [-0.1, -0.05) is 43.0 Å². The molecule has 1 fully saturated rings. The molecule has 1 atom stereocenters. The summed E-state index contributed by atoms with van der Waals surface area (Å²) in [7, 11) is 3.90. The Morgan fingerprint density at radius 3 is 2.30 bits per heavy atom. The molecule has 2 N–H and O–H groups in total. The van der Waals surface area contributed by atoms with E-state index in [4.69, 9.17) is 5.41 Å². The van der Waals surface area contributed by atoms with Gasteiger partial charge in [-0.05, 0) is 38.0 Å². The molecule has 1 aromatic carbocycles. The number of aryl methyl sites for hydroxylation is 1. The molecule has 4 heteroatoms. The van der Waals surface area contributed by atoms with Crippen LogP contribution < -0.4 is 5.32 Å². The summed E-state index contributed by atoms with van der Waals surface area (Å²) in [6, 6.07) is 8.44. The van der Waals surface area contributed by atoms with Gasteiger partial charge >= 0.3 is 0 Å². The van der Waals surface area contributed by atoms with Crippen molar-refractivity contribution in [3.63, 3.8) is 0 Å². The fraction of sp³-hybridized carbons (Fsp3) is 0.261. The largest absolute Gasteiger partial charge is 0.391 e. The van der Waals surface area contributed by atoms with Crippen LogP contribution in [0.25, 0.3) is 0 Å². The Bertz CT molecular complexity index is 912. The van der Waals surface area contributed by atoms with Crippen molar-refractivity contribution in [3.05, 3.63) is 94.8 Å². The lowest BCUT2D eigenvalue weighted by Crippen LogP contribution is -2.26. The maximum absolute atomic E-state index is 8.74. The highest BCUT2D eigenvalue weighted by atomic mass is 15.2. The van der Waals surface area contributed by atoms with Crippen LogP contribution in [0.1, 0.15) is 31.0 Å². The molecule has 2 heterocycles. The maximum Gasteiger partial charge on any atom is 0.0884 e. The summed E-state index contributed by atoms with van der Waals surface area (Å²) < 4.78 is 0. The second kappa shape index (κ2) is 6.95. The standard InChI is InChI=1S/C23H28N4/c1-14-8-10-19(11-9-14)23-21(16(3)25-6)22(24)18(5)27(23)20-12-15(2)17(4)26(7)13-20/h8-13,23-25H,4-5H2,1-3,6-7H3/b21-16+,24-22?. The molecular formula is C23H28N4. The third kappa shape index (κ3) is 3.12. The van der Waals surface area contributed by atoms with Crippen molar-refractivity contribution < 1.29 is 0 Å². The highest BCUT2D eigenvalue weighted by molar-refractivity contribution is 6.13. The van der Waals surface area contributed by atoms with E-state index in [2.05, 4.69) is 73.8 Å². The average Bonchev–Trinajstić information content (AvgIpc) is 2.90. The summed E-state index contributed by atoms with van der Waals surface area (Å²) in [4.78, 5) is 4.19. The molecule has 0 amide bonds. The Balaban J connectivity index is 2.20. The van der Waals surface area contributed by atoms with Gasteiger partial charge in [-0.25, -0.2) is 0 Å². The van der Waals surface area contributed by atoms with Crippen molar-refractivity contribution in [3.8, 4) is 0 Å². The lowest BCUT2D eigenvalue weighted by Gasteiger charge is -2.33. The summed E-state index contributed by atoms with van der Waals surface area (Å²) in [6.07, 6.45) is 4.19. The Morgan fingerprint density at radius 1 is 1.11 bits per heavy atom.